The fourth-order valence-electron chi connectivity index (χ4n) is 2.03. The smallest absolute Gasteiger partial charge is 0.166 e. The van der Waals surface area contributed by atoms with Crippen molar-refractivity contribution < 1.29 is 13.9 Å². The Hall–Kier alpha value is -1.22. The second-order valence-corrected chi connectivity index (χ2v) is 4.63. The lowest BCUT2D eigenvalue weighted by Crippen LogP contribution is -2.13. The number of ether oxygens (including phenoxy) is 1. The Morgan fingerprint density at radius 2 is 2.06 bits per heavy atom. The van der Waals surface area contributed by atoms with Crippen LogP contribution in [0.15, 0.2) is 12.1 Å². The van der Waals surface area contributed by atoms with E-state index in [2.05, 4.69) is 0 Å². The second kappa shape index (κ2) is 5.92. The average Bonchev–Trinajstić information content (AvgIpc) is 2.15. The molecular weight excluding hydrogens is 219 g/mol. The lowest BCUT2D eigenvalue weighted by atomic mass is 9.95. The van der Waals surface area contributed by atoms with Gasteiger partial charge in [0, 0.05) is 20.1 Å². The van der Waals surface area contributed by atoms with E-state index in [0.717, 1.165) is 5.56 Å². The third-order valence-corrected chi connectivity index (χ3v) is 2.70. The van der Waals surface area contributed by atoms with Crippen LogP contribution in [0.1, 0.15) is 34.8 Å². The number of methoxy groups -OCH3 is 1. The molecule has 0 heterocycles. The Labute approximate surface area is 102 Å². The van der Waals surface area contributed by atoms with E-state index in [1.165, 1.54) is 6.07 Å². The predicted octanol–water partition coefficient (Wildman–Crippen LogP) is 3.30. The topological polar surface area (TPSA) is 26.3 Å². The van der Waals surface area contributed by atoms with Crippen molar-refractivity contribution in [2.45, 2.75) is 27.2 Å². The van der Waals surface area contributed by atoms with E-state index in [1.54, 1.807) is 14.0 Å². The van der Waals surface area contributed by atoms with Crippen LogP contribution in [0.2, 0.25) is 0 Å². The van der Waals surface area contributed by atoms with Gasteiger partial charge in [0.1, 0.15) is 5.82 Å². The number of rotatable bonds is 5. The number of hydrogen-bond donors (Lipinski definition) is 0. The summed E-state index contributed by atoms with van der Waals surface area (Å²) in [5.74, 6) is -0.464. The summed E-state index contributed by atoms with van der Waals surface area (Å²) in [4.78, 5) is 12.0. The van der Waals surface area contributed by atoms with Crippen molar-refractivity contribution >= 4 is 5.78 Å². The van der Waals surface area contributed by atoms with Crippen molar-refractivity contribution in [2.75, 3.05) is 13.7 Å². The molecule has 1 aromatic carbocycles. The van der Waals surface area contributed by atoms with Gasteiger partial charge in [-0.25, -0.2) is 4.39 Å². The summed E-state index contributed by atoms with van der Waals surface area (Å²) in [7, 11) is 1.60. The van der Waals surface area contributed by atoms with Crippen molar-refractivity contribution in [1.82, 2.24) is 0 Å². The van der Waals surface area contributed by atoms with Crippen LogP contribution in [-0.4, -0.2) is 19.5 Å². The Morgan fingerprint density at radius 1 is 1.41 bits per heavy atom. The summed E-state index contributed by atoms with van der Waals surface area (Å²) in [5, 5.41) is 0. The van der Waals surface area contributed by atoms with Crippen molar-refractivity contribution in [3.8, 4) is 0 Å². The predicted molar refractivity (Wildman–Crippen MR) is 65.9 cm³/mol. The molecule has 1 aromatic rings. The second-order valence-electron chi connectivity index (χ2n) is 4.63. The molecular formula is C14H19FO2. The van der Waals surface area contributed by atoms with Crippen molar-refractivity contribution in [2.24, 2.45) is 5.92 Å². The van der Waals surface area contributed by atoms with Gasteiger partial charge in [0.05, 0.1) is 5.56 Å². The Bertz CT molecular complexity index is 390. The molecule has 1 rings (SSSR count). The molecule has 3 heteroatoms. The number of halogens is 1. The van der Waals surface area contributed by atoms with Gasteiger partial charge in [0.25, 0.3) is 0 Å². The molecule has 0 amide bonds. The van der Waals surface area contributed by atoms with Crippen LogP contribution < -0.4 is 0 Å². The van der Waals surface area contributed by atoms with Crippen LogP contribution in [0.3, 0.4) is 0 Å². The maximum Gasteiger partial charge on any atom is 0.166 e. The lowest BCUT2D eigenvalue weighted by Gasteiger charge is -2.12. The first-order chi connectivity index (χ1) is 7.95. The molecule has 0 saturated heterocycles. The zero-order valence-corrected chi connectivity index (χ0v) is 10.8. The highest BCUT2D eigenvalue weighted by atomic mass is 19.1. The number of aryl methyl sites for hydroxylation is 2. The lowest BCUT2D eigenvalue weighted by molar-refractivity contribution is 0.0915. The SMILES string of the molecule is COCC(C)CC(=O)c1c(C)cc(C)cc1F. The molecule has 0 N–H and O–H groups in total. The molecule has 0 fully saturated rings. The van der Waals surface area contributed by atoms with E-state index in [4.69, 9.17) is 4.74 Å². The number of Topliss-reactive ketones (excluding diaryl/α,β-unsaturated/α-hetero) is 1. The number of carbonyl (C=O) groups excluding carboxylic acids is 1. The fraction of sp³-hybridized carbons (Fsp3) is 0.500. The van der Waals surface area contributed by atoms with E-state index < -0.39 is 5.82 Å². The molecule has 0 saturated carbocycles. The van der Waals surface area contributed by atoms with Gasteiger partial charge >= 0.3 is 0 Å². The molecule has 94 valence electrons. The van der Waals surface area contributed by atoms with E-state index in [1.807, 2.05) is 19.9 Å². The number of benzene rings is 1. The molecule has 0 aliphatic carbocycles. The molecule has 0 radical (unpaired) electrons. The van der Waals surface area contributed by atoms with Gasteiger partial charge in [0.2, 0.25) is 0 Å². The number of ketones is 1. The number of hydrogen-bond acceptors (Lipinski definition) is 2. The van der Waals surface area contributed by atoms with Crippen LogP contribution in [-0.2, 0) is 4.74 Å². The van der Waals surface area contributed by atoms with E-state index in [0.29, 0.717) is 18.6 Å². The minimum Gasteiger partial charge on any atom is -0.384 e. The Kier molecular flexibility index (Phi) is 4.82. The van der Waals surface area contributed by atoms with Crippen LogP contribution in [0.4, 0.5) is 4.39 Å². The largest absolute Gasteiger partial charge is 0.384 e. The Morgan fingerprint density at radius 3 is 2.59 bits per heavy atom. The number of carbonyl (C=O) groups is 1. The fourth-order valence-corrected chi connectivity index (χ4v) is 2.03. The molecule has 1 atom stereocenters. The summed E-state index contributed by atoms with van der Waals surface area (Å²) in [6.45, 7) is 6.02. The highest BCUT2D eigenvalue weighted by molar-refractivity contribution is 5.97. The van der Waals surface area contributed by atoms with Gasteiger partial charge in [-0.15, -0.1) is 0 Å². The zero-order valence-electron chi connectivity index (χ0n) is 10.8. The normalized spacial score (nSPS) is 12.5. The maximum atomic E-state index is 13.7. The molecule has 0 spiro atoms. The van der Waals surface area contributed by atoms with E-state index in [-0.39, 0.29) is 17.3 Å². The first kappa shape index (κ1) is 13.8. The third kappa shape index (κ3) is 3.63. The summed E-state index contributed by atoms with van der Waals surface area (Å²) < 4.78 is 18.7. The minimum atomic E-state index is -0.419. The van der Waals surface area contributed by atoms with Crippen molar-refractivity contribution in [3.63, 3.8) is 0 Å². The van der Waals surface area contributed by atoms with Crippen molar-refractivity contribution in [1.29, 1.82) is 0 Å². The van der Waals surface area contributed by atoms with Gasteiger partial charge in [0.15, 0.2) is 5.78 Å². The van der Waals surface area contributed by atoms with E-state index >= 15 is 0 Å². The maximum absolute atomic E-state index is 13.7. The van der Waals surface area contributed by atoms with Crippen molar-refractivity contribution in [3.05, 3.63) is 34.6 Å². The summed E-state index contributed by atoms with van der Waals surface area (Å²) >= 11 is 0. The van der Waals surface area contributed by atoms with Crippen LogP contribution in [0, 0.1) is 25.6 Å². The molecule has 0 bridgehead atoms. The van der Waals surface area contributed by atoms with Gasteiger partial charge in [-0.05, 0) is 37.0 Å². The molecule has 0 aromatic heterocycles. The Balaban J connectivity index is 2.89. The molecule has 2 nitrogen and oxygen atoms in total. The highest BCUT2D eigenvalue weighted by Crippen LogP contribution is 2.19. The first-order valence-corrected chi connectivity index (χ1v) is 5.74. The monoisotopic (exact) mass is 238 g/mol. The minimum absolute atomic E-state index is 0.104. The third-order valence-electron chi connectivity index (χ3n) is 2.70. The van der Waals surface area contributed by atoms with Gasteiger partial charge in [-0.1, -0.05) is 13.0 Å². The van der Waals surface area contributed by atoms with Crippen LogP contribution in [0.5, 0.6) is 0 Å². The summed E-state index contributed by atoms with van der Waals surface area (Å²) in [6.07, 6.45) is 0.314. The van der Waals surface area contributed by atoms with Gasteiger partial charge < -0.3 is 4.74 Å². The quantitative estimate of drug-likeness (QED) is 0.736. The molecule has 0 aliphatic rings. The first-order valence-electron chi connectivity index (χ1n) is 5.74. The van der Waals surface area contributed by atoms with E-state index in [9.17, 15) is 9.18 Å². The van der Waals surface area contributed by atoms with Gasteiger partial charge in [-0.3, -0.25) is 4.79 Å². The summed E-state index contributed by atoms with van der Waals surface area (Å²) in [5.41, 5.74) is 1.76. The standard InChI is InChI=1S/C14H19FO2/c1-9-5-11(3)14(12(15)6-9)13(16)7-10(2)8-17-4/h5-6,10H,7-8H2,1-4H3. The van der Waals surface area contributed by atoms with Gasteiger partial charge in [-0.2, -0.15) is 0 Å². The molecule has 1 unspecified atom stereocenters. The van der Waals surface area contributed by atoms with Crippen LogP contribution >= 0.6 is 0 Å². The zero-order chi connectivity index (χ0) is 13.0. The molecule has 0 aliphatic heterocycles. The summed E-state index contributed by atoms with van der Waals surface area (Å²) in [6, 6.07) is 3.23. The average molecular weight is 238 g/mol. The molecule has 17 heavy (non-hydrogen) atoms. The van der Waals surface area contributed by atoms with Crippen LogP contribution in [0.25, 0.3) is 0 Å². The highest BCUT2D eigenvalue weighted by Gasteiger charge is 2.17.